The summed E-state index contributed by atoms with van der Waals surface area (Å²) in [6, 6.07) is 73.4. The first-order valence-corrected chi connectivity index (χ1v) is 17.4. The summed E-state index contributed by atoms with van der Waals surface area (Å²) in [5.41, 5.74) is 18.5. The smallest absolute Gasteiger partial charge is 0.0726 e. The van der Waals surface area contributed by atoms with Crippen molar-refractivity contribution in [2.75, 3.05) is 4.90 Å². The molecule has 0 N–H and O–H groups in total. The molecule has 0 heterocycles. The van der Waals surface area contributed by atoms with Crippen LogP contribution in [-0.2, 0) is 5.41 Å². The minimum atomic E-state index is -0.451. The molecule has 1 spiro atoms. The number of rotatable bonds is 5. The largest absolute Gasteiger partial charge is 0.310 e. The standard InChI is InChI=1S/C49H33N/c1-4-14-34(15-5-1)35-24-26-36(27-25-35)37-28-30-43-44-31-29-40(50(38-16-6-2-7-17-38)39-18-8-3-9-19-39)33-48(44)49(47(43)32-37)45-22-12-10-20-41(45)42-21-11-13-23-46(42)49/h1-33H. The molecule has 0 unspecified atom stereocenters. The van der Waals surface area contributed by atoms with Gasteiger partial charge in [-0.3, -0.25) is 0 Å². The van der Waals surface area contributed by atoms with Crippen molar-refractivity contribution in [2.24, 2.45) is 0 Å². The van der Waals surface area contributed by atoms with E-state index in [1.807, 2.05) is 0 Å². The highest BCUT2D eigenvalue weighted by molar-refractivity contribution is 5.97. The van der Waals surface area contributed by atoms with Crippen molar-refractivity contribution >= 4 is 17.1 Å². The molecule has 1 heteroatoms. The van der Waals surface area contributed by atoms with E-state index in [1.54, 1.807) is 0 Å². The fourth-order valence-electron chi connectivity index (χ4n) is 8.53. The number of benzene rings is 8. The Bertz CT molecular complexity index is 2430. The van der Waals surface area contributed by atoms with Crippen LogP contribution in [0.2, 0.25) is 0 Å². The van der Waals surface area contributed by atoms with E-state index >= 15 is 0 Å². The third-order valence-electron chi connectivity index (χ3n) is 10.7. The van der Waals surface area contributed by atoms with Crippen LogP contribution in [0.1, 0.15) is 22.3 Å². The summed E-state index contributed by atoms with van der Waals surface area (Å²) in [6.07, 6.45) is 0. The van der Waals surface area contributed by atoms with Gasteiger partial charge < -0.3 is 4.90 Å². The summed E-state index contributed by atoms with van der Waals surface area (Å²) in [7, 11) is 0. The van der Waals surface area contributed by atoms with Gasteiger partial charge in [-0.15, -0.1) is 0 Å². The fourth-order valence-corrected chi connectivity index (χ4v) is 8.53. The Labute approximate surface area is 293 Å². The third kappa shape index (κ3) is 4.20. The van der Waals surface area contributed by atoms with Gasteiger partial charge in [-0.1, -0.05) is 158 Å². The summed E-state index contributed by atoms with van der Waals surface area (Å²) in [4.78, 5) is 2.38. The van der Waals surface area contributed by atoms with Crippen molar-refractivity contribution in [1.29, 1.82) is 0 Å². The Morgan fingerprint density at radius 3 is 1.24 bits per heavy atom. The van der Waals surface area contributed by atoms with Gasteiger partial charge >= 0.3 is 0 Å². The maximum atomic E-state index is 2.47. The summed E-state index contributed by atoms with van der Waals surface area (Å²) in [5, 5.41) is 0. The average Bonchev–Trinajstić information content (AvgIpc) is 3.66. The van der Waals surface area contributed by atoms with Gasteiger partial charge in [-0.05, 0) is 109 Å². The van der Waals surface area contributed by atoms with Crippen LogP contribution in [0, 0.1) is 0 Å². The Balaban J connectivity index is 1.21. The van der Waals surface area contributed by atoms with Crippen LogP contribution in [-0.4, -0.2) is 0 Å². The van der Waals surface area contributed by atoms with Crippen LogP contribution >= 0.6 is 0 Å². The minimum absolute atomic E-state index is 0.451. The number of fused-ring (bicyclic) bond motifs is 10. The lowest BCUT2D eigenvalue weighted by Crippen LogP contribution is -2.26. The van der Waals surface area contributed by atoms with Gasteiger partial charge in [0.15, 0.2) is 0 Å². The first-order valence-electron chi connectivity index (χ1n) is 17.4. The zero-order valence-electron chi connectivity index (χ0n) is 27.5. The van der Waals surface area contributed by atoms with E-state index in [0.29, 0.717) is 0 Å². The maximum absolute atomic E-state index is 2.47. The number of hydrogen-bond donors (Lipinski definition) is 0. The molecule has 10 rings (SSSR count). The highest BCUT2D eigenvalue weighted by atomic mass is 15.1. The third-order valence-corrected chi connectivity index (χ3v) is 10.7. The zero-order valence-corrected chi connectivity index (χ0v) is 27.5. The van der Waals surface area contributed by atoms with E-state index in [0.717, 1.165) is 17.1 Å². The predicted octanol–water partition coefficient (Wildman–Crippen LogP) is 12.8. The van der Waals surface area contributed by atoms with Gasteiger partial charge in [0.05, 0.1) is 5.41 Å². The lowest BCUT2D eigenvalue weighted by atomic mass is 9.70. The zero-order chi connectivity index (χ0) is 33.1. The molecule has 0 saturated heterocycles. The Hall–Kier alpha value is -6.44. The van der Waals surface area contributed by atoms with Crippen molar-refractivity contribution in [2.45, 2.75) is 5.41 Å². The quantitative estimate of drug-likeness (QED) is 0.182. The first-order chi connectivity index (χ1) is 24.8. The summed E-state index contributed by atoms with van der Waals surface area (Å²) >= 11 is 0. The molecule has 2 aliphatic rings. The van der Waals surface area contributed by atoms with Gasteiger partial charge in [-0.25, -0.2) is 0 Å². The van der Waals surface area contributed by atoms with Crippen molar-refractivity contribution in [3.8, 4) is 44.5 Å². The lowest BCUT2D eigenvalue weighted by molar-refractivity contribution is 0.794. The van der Waals surface area contributed by atoms with Crippen LogP contribution in [0.3, 0.4) is 0 Å². The number of para-hydroxylation sites is 2. The summed E-state index contributed by atoms with van der Waals surface area (Å²) < 4.78 is 0. The van der Waals surface area contributed by atoms with E-state index in [2.05, 4.69) is 205 Å². The Kier molecular flexibility index (Phi) is 6.47. The van der Waals surface area contributed by atoms with Gasteiger partial charge in [0.1, 0.15) is 0 Å². The normalized spacial score (nSPS) is 13.0. The van der Waals surface area contributed by atoms with Crippen LogP contribution in [0.5, 0.6) is 0 Å². The van der Waals surface area contributed by atoms with E-state index in [9.17, 15) is 0 Å². The van der Waals surface area contributed by atoms with Crippen molar-refractivity contribution in [3.63, 3.8) is 0 Å². The molecule has 1 nitrogen and oxygen atoms in total. The van der Waals surface area contributed by atoms with Gasteiger partial charge in [0.2, 0.25) is 0 Å². The van der Waals surface area contributed by atoms with Crippen molar-refractivity contribution in [3.05, 3.63) is 222 Å². The molecule has 234 valence electrons. The summed E-state index contributed by atoms with van der Waals surface area (Å²) in [5.74, 6) is 0. The SMILES string of the molecule is c1ccc(-c2ccc(-c3ccc4c(c3)C3(c5ccccc5-c5ccccc53)c3cc(N(c5ccccc5)c5ccccc5)ccc3-4)cc2)cc1. The van der Waals surface area contributed by atoms with Crippen LogP contribution in [0.4, 0.5) is 17.1 Å². The molecular weight excluding hydrogens is 603 g/mol. The van der Waals surface area contributed by atoms with E-state index in [1.165, 1.54) is 66.8 Å². The van der Waals surface area contributed by atoms with Crippen LogP contribution in [0.25, 0.3) is 44.5 Å². The molecule has 0 aromatic heterocycles. The highest BCUT2D eigenvalue weighted by Crippen LogP contribution is 2.63. The highest BCUT2D eigenvalue weighted by Gasteiger charge is 2.51. The topological polar surface area (TPSA) is 3.24 Å². The monoisotopic (exact) mass is 635 g/mol. The van der Waals surface area contributed by atoms with Gasteiger partial charge in [-0.2, -0.15) is 0 Å². The Morgan fingerprint density at radius 1 is 0.260 bits per heavy atom. The van der Waals surface area contributed by atoms with Crippen LogP contribution < -0.4 is 4.90 Å². The maximum Gasteiger partial charge on any atom is 0.0726 e. The molecule has 0 fully saturated rings. The molecular formula is C49H33N. The van der Waals surface area contributed by atoms with E-state index < -0.39 is 5.41 Å². The second-order valence-corrected chi connectivity index (χ2v) is 13.3. The average molecular weight is 636 g/mol. The van der Waals surface area contributed by atoms with Crippen molar-refractivity contribution in [1.82, 2.24) is 0 Å². The second kappa shape index (κ2) is 11.3. The fraction of sp³-hybridized carbons (Fsp3) is 0.0204. The van der Waals surface area contributed by atoms with Gasteiger partial charge in [0, 0.05) is 17.1 Å². The second-order valence-electron chi connectivity index (χ2n) is 13.3. The van der Waals surface area contributed by atoms with Crippen LogP contribution in [0.15, 0.2) is 200 Å². The lowest BCUT2D eigenvalue weighted by Gasteiger charge is -2.32. The molecule has 8 aromatic carbocycles. The van der Waals surface area contributed by atoms with E-state index in [4.69, 9.17) is 0 Å². The number of nitrogens with zero attached hydrogens (tertiary/aromatic N) is 1. The van der Waals surface area contributed by atoms with E-state index in [-0.39, 0.29) is 0 Å². The molecule has 0 radical (unpaired) electrons. The molecule has 0 saturated carbocycles. The van der Waals surface area contributed by atoms with Gasteiger partial charge in [0.25, 0.3) is 0 Å². The molecule has 8 aromatic rings. The molecule has 0 atom stereocenters. The molecule has 50 heavy (non-hydrogen) atoms. The molecule has 2 aliphatic carbocycles. The summed E-state index contributed by atoms with van der Waals surface area (Å²) in [6.45, 7) is 0. The first kappa shape index (κ1) is 28.6. The molecule has 0 amide bonds. The minimum Gasteiger partial charge on any atom is -0.310 e. The Morgan fingerprint density at radius 2 is 0.660 bits per heavy atom. The number of hydrogen-bond acceptors (Lipinski definition) is 1. The molecule has 0 bridgehead atoms. The molecule has 0 aliphatic heterocycles. The number of anilines is 3. The predicted molar refractivity (Wildman–Crippen MR) is 208 cm³/mol. The van der Waals surface area contributed by atoms with Crippen molar-refractivity contribution < 1.29 is 0 Å².